The Labute approximate surface area is 147 Å². The van der Waals surface area contributed by atoms with Crippen molar-refractivity contribution in [3.8, 4) is 0 Å². The van der Waals surface area contributed by atoms with E-state index in [4.69, 9.17) is 4.74 Å². The summed E-state index contributed by atoms with van der Waals surface area (Å²) in [5.74, 6) is 1.57. The number of fused-ring (bicyclic) bond motifs is 1. The fourth-order valence-corrected chi connectivity index (χ4v) is 3.85. The second-order valence-electron chi connectivity index (χ2n) is 6.61. The molecule has 0 saturated carbocycles. The number of anilines is 2. The SMILES string of the molecule is CNc1nccc(N2C[C@H](OC)[C@H](NC3CCCn4nccc43)C2)n1. The zero-order valence-electron chi connectivity index (χ0n) is 14.7. The number of rotatable bonds is 5. The summed E-state index contributed by atoms with van der Waals surface area (Å²) in [4.78, 5) is 11.0. The van der Waals surface area contributed by atoms with E-state index in [0.717, 1.165) is 38.3 Å². The lowest BCUT2D eigenvalue weighted by molar-refractivity contribution is 0.0911. The maximum absolute atomic E-state index is 5.76. The number of aromatic nitrogens is 4. The number of methoxy groups -OCH3 is 1. The molecule has 0 amide bonds. The highest BCUT2D eigenvalue weighted by Crippen LogP contribution is 2.27. The van der Waals surface area contributed by atoms with Crippen LogP contribution in [0.2, 0.25) is 0 Å². The highest BCUT2D eigenvalue weighted by Gasteiger charge is 2.36. The smallest absolute Gasteiger partial charge is 0.224 e. The minimum atomic E-state index is 0.131. The standard InChI is InChI=1S/C17H25N7O/c1-18-17-19-7-6-16(22-17)23-10-13(15(11-23)25-2)21-12-4-3-9-24-14(12)5-8-20-24/h5-8,12-13,15,21H,3-4,9-11H2,1-2H3,(H,18,19,22)/t12?,13-,15+/m1/s1. The van der Waals surface area contributed by atoms with E-state index in [-0.39, 0.29) is 12.1 Å². The molecule has 0 radical (unpaired) electrons. The zero-order chi connectivity index (χ0) is 17.2. The van der Waals surface area contributed by atoms with Crippen LogP contribution in [0, 0.1) is 0 Å². The topological polar surface area (TPSA) is 80.1 Å². The monoisotopic (exact) mass is 343 g/mol. The molecule has 8 nitrogen and oxygen atoms in total. The molecule has 0 aromatic carbocycles. The molecule has 134 valence electrons. The van der Waals surface area contributed by atoms with Gasteiger partial charge in [0, 0.05) is 52.2 Å². The Hall–Kier alpha value is -2.19. The van der Waals surface area contributed by atoms with Gasteiger partial charge in [-0.1, -0.05) is 0 Å². The summed E-state index contributed by atoms with van der Waals surface area (Å²) in [6.45, 7) is 2.70. The molecule has 2 aromatic rings. The van der Waals surface area contributed by atoms with Crippen LogP contribution >= 0.6 is 0 Å². The van der Waals surface area contributed by atoms with Crippen LogP contribution in [0.25, 0.3) is 0 Å². The number of nitrogens with zero attached hydrogens (tertiary/aromatic N) is 5. The van der Waals surface area contributed by atoms with Crippen LogP contribution < -0.4 is 15.5 Å². The Morgan fingerprint density at radius 2 is 2.16 bits per heavy atom. The summed E-state index contributed by atoms with van der Waals surface area (Å²) >= 11 is 0. The Morgan fingerprint density at radius 1 is 1.24 bits per heavy atom. The van der Waals surface area contributed by atoms with E-state index < -0.39 is 0 Å². The number of ether oxygens (including phenoxy) is 1. The van der Waals surface area contributed by atoms with E-state index in [0.29, 0.717) is 12.0 Å². The van der Waals surface area contributed by atoms with Gasteiger partial charge >= 0.3 is 0 Å². The minimum absolute atomic E-state index is 0.131. The number of nitrogens with one attached hydrogen (secondary N) is 2. The number of aryl methyl sites for hydroxylation is 1. The maximum atomic E-state index is 5.76. The predicted molar refractivity (Wildman–Crippen MR) is 95.7 cm³/mol. The molecule has 0 bridgehead atoms. The first-order valence-electron chi connectivity index (χ1n) is 8.85. The Bertz CT molecular complexity index is 719. The van der Waals surface area contributed by atoms with Gasteiger partial charge in [-0.25, -0.2) is 4.98 Å². The van der Waals surface area contributed by atoms with Crippen molar-refractivity contribution in [3.05, 3.63) is 30.2 Å². The molecule has 0 spiro atoms. The summed E-state index contributed by atoms with van der Waals surface area (Å²) < 4.78 is 7.87. The van der Waals surface area contributed by atoms with Crippen LogP contribution in [0.15, 0.2) is 24.5 Å². The van der Waals surface area contributed by atoms with E-state index >= 15 is 0 Å². The maximum Gasteiger partial charge on any atom is 0.224 e. The van der Waals surface area contributed by atoms with Crippen LogP contribution in [-0.2, 0) is 11.3 Å². The summed E-state index contributed by atoms with van der Waals surface area (Å²) in [6, 6.07) is 4.65. The van der Waals surface area contributed by atoms with E-state index in [1.165, 1.54) is 5.69 Å². The first-order valence-corrected chi connectivity index (χ1v) is 8.85. The van der Waals surface area contributed by atoms with Gasteiger partial charge in [-0.05, 0) is 25.0 Å². The van der Waals surface area contributed by atoms with Crippen LogP contribution in [0.1, 0.15) is 24.6 Å². The van der Waals surface area contributed by atoms with Crippen molar-refractivity contribution in [2.75, 3.05) is 37.5 Å². The van der Waals surface area contributed by atoms with Gasteiger partial charge < -0.3 is 20.3 Å². The predicted octanol–water partition coefficient (Wildman–Crippen LogP) is 1.04. The lowest BCUT2D eigenvalue weighted by Gasteiger charge is -2.29. The third kappa shape index (κ3) is 3.19. The average Bonchev–Trinajstić information content (AvgIpc) is 3.29. The van der Waals surface area contributed by atoms with Gasteiger partial charge in [-0.3, -0.25) is 4.68 Å². The van der Waals surface area contributed by atoms with E-state index in [9.17, 15) is 0 Å². The van der Waals surface area contributed by atoms with Gasteiger partial charge in [-0.2, -0.15) is 10.1 Å². The van der Waals surface area contributed by atoms with Crippen LogP contribution in [0.4, 0.5) is 11.8 Å². The van der Waals surface area contributed by atoms with Crippen LogP contribution in [0.3, 0.4) is 0 Å². The fraction of sp³-hybridized carbons (Fsp3) is 0.588. The normalized spacial score (nSPS) is 25.8. The molecular weight excluding hydrogens is 318 g/mol. The third-order valence-corrected chi connectivity index (χ3v) is 5.14. The van der Waals surface area contributed by atoms with Crippen molar-refractivity contribution in [2.24, 2.45) is 0 Å². The number of hydrogen-bond acceptors (Lipinski definition) is 7. The Kier molecular flexibility index (Phi) is 4.54. The highest BCUT2D eigenvalue weighted by atomic mass is 16.5. The first kappa shape index (κ1) is 16.3. The van der Waals surface area contributed by atoms with Crippen LogP contribution in [0.5, 0.6) is 0 Å². The molecule has 0 aliphatic carbocycles. The Morgan fingerprint density at radius 3 is 3.00 bits per heavy atom. The van der Waals surface area contributed by atoms with Crippen molar-refractivity contribution in [1.29, 1.82) is 0 Å². The van der Waals surface area contributed by atoms with Gasteiger partial charge in [0.1, 0.15) is 5.82 Å². The van der Waals surface area contributed by atoms with E-state index in [1.54, 1.807) is 13.3 Å². The molecule has 2 aromatic heterocycles. The third-order valence-electron chi connectivity index (χ3n) is 5.14. The summed E-state index contributed by atoms with van der Waals surface area (Å²) in [6.07, 6.45) is 6.10. The van der Waals surface area contributed by atoms with Crippen LogP contribution in [-0.4, -0.2) is 59.1 Å². The molecule has 1 fully saturated rings. The van der Waals surface area contributed by atoms with Crippen molar-refractivity contribution in [1.82, 2.24) is 25.1 Å². The minimum Gasteiger partial charge on any atom is -0.378 e. The van der Waals surface area contributed by atoms with Crippen molar-refractivity contribution < 1.29 is 4.74 Å². The van der Waals surface area contributed by atoms with Gasteiger partial charge in [0.25, 0.3) is 0 Å². The zero-order valence-corrected chi connectivity index (χ0v) is 14.7. The molecule has 2 aliphatic heterocycles. The lowest BCUT2D eigenvalue weighted by Crippen LogP contribution is -2.43. The van der Waals surface area contributed by atoms with Gasteiger partial charge in [0.2, 0.25) is 5.95 Å². The largest absolute Gasteiger partial charge is 0.378 e. The Balaban J connectivity index is 1.49. The first-order chi connectivity index (χ1) is 12.3. The average molecular weight is 343 g/mol. The summed E-state index contributed by atoms with van der Waals surface area (Å²) in [7, 11) is 3.62. The molecule has 8 heteroatoms. The molecule has 4 rings (SSSR count). The second kappa shape index (κ2) is 6.97. The van der Waals surface area contributed by atoms with E-state index in [1.807, 2.05) is 19.3 Å². The summed E-state index contributed by atoms with van der Waals surface area (Å²) in [5, 5.41) is 11.2. The quantitative estimate of drug-likeness (QED) is 0.840. The molecule has 1 saturated heterocycles. The van der Waals surface area contributed by atoms with Gasteiger partial charge in [-0.15, -0.1) is 0 Å². The van der Waals surface area contributed by atoms with Gasteiger partial charge in [0.15, 0.2) is 0 Å². The van der Waals surface area contributed by atoms with Crippen molar-refractivity contribution >= 4 is 11.8 Å². The second-order valence-corrected chi connectivity index (χ2v) is 6.61. The molecule has 2 N–H and O–H groups in total. The van der Waals surface area contributed by atoms with E-state index in [2.05, 4.69) is 41.3 Å². The summed E-state index contributed by atoms with van der Waals surface area (Å²) in [5.41, 5.74) is 1.28. The van der Waals surface area contributed by atoms with Crippen molar-refractivity contribution in [2.45, 2.75) is 37.6 Å². The molecule has 25 heavy (non-hydrogen) atoms. The lowest BCUT2D eigenvalue weighted by atomic mass is 10.0. The van der Waals surface area contributed by atoms with Crippen molar-refractivity contribution in [3.63, 3.8) is 0 Å². The highest BCUT2D eigenvalue weighted by molar-refractivity contribution is 5.44. The van der Waals surface area contributed by atoms with Gasteiger partial charge in [0.05, 0.1) is 17.8 Å². The molecule has 2 aliphatic rings. The molecular formula is C17H25N7O. The number of hydrogen-bond donors (Lipinski definition) is 2. The molecule has 1 unspecified atom stereocenters. The molecule has 4 heterocycles. The molecule has 3 atom stereocenters. The fourth-order valence-electron chi connectivity index (χ4n) is 3.85.